The molecule has 29 heavy (non-hydrogen) atoms. The van der Waals surface area contributed by atoms with Crippen molar-refractivity contribution in [3.05, 3.63) is 46.3 Å². The number of hydrogen-bond donors (Lipinski definition) is 0. The lowest BCUT2D eigenvalue weighted by Gasteiger charge is -2.37. The maximum atomic E-state index is 12.8. The maximum Gasteiger partial charge on any atom is 0.417 e. The van der Waals surface area contributed by atoms with Gasteiger partial charge in [-0.05, 0) is 24.4 Å². The highest BCUT2D eigenvalue weighted by atomic mass is 35.5. The van der Waals surface area contributed by atoms with E-state index in [1.165, 1.54) is 11.3 Å². The smallest absolute Gasteiger partial charge is 0.417 e. The minimum Gasteiger partial charge on any atom is -0.418 e. The van der Waals surface area contributed by atoms with Gasteiger partial charge < -0.3 is 9.32 Å². The van der Waals surface area contributed by atoms with Gasteiger partial charge in [-0.3, -0.25) is 4.90 Å². The zero-order valence-electron chi connectivity index (χ0n) is 15.4. The molecule has 0 saturated carbocycles. The summed E-state index contributed by atoms with van der Waals surface area (Å²) in [7, 11) is 0. The fourth-order valence-electron chi connectivity index (χ4n) is 3.20. The average Bonchev–Trinajstić information content (AvgIpc) is 3.38. The highest BCUT2D eigenvalue weighted by Gasteiger charge is 2.33. The summed E-state index contributed by atoms with van der Waals surface area (Å²) in [5, 5.41) is 10.2. The average molecular weight is 444 g/mol. The largest absolute Gasteiger partial charge is 0.418 e. The van der Waals surface area contributed by atoms with E-state index in [1.807, 2.05) is 29.3 Å². The molecule has 6 nitrogen and oxygen atoms in total. The van der Waals surface area contributed by atoms with Crippen LogP contribution in [-0.4, -0.2) is 46.3 Å². The fraction of sp³-hybridized carbons (Fsp3) is 0.389. The van der Waals surface area contributed by atoms with E-state index in [-0.39, 0.29) is 11.1 Å². The number of nitrogens with zero attached hydrogens (tertiary/aromatic N) is 5. The second kappa shape index (κ2) is 7.92. The Bertz CT molecular complexity index is 970. The molecule has 1 aliphatic rings. The number of pyridine rings is 1. The molecule has 1 saturated heterocycles. The van der Waals surface area contributed by atoms with Gasteiger partial charge in [-0.2, -0.15) is 13.2 Å². The summed E-state index contributed by atoms with van der Waals surface area (Å²) < 4.78 is 44.2. The lowest BCUT2D eigenvalue weighted by Crippen LogP contribution is -2.47. The first-order valence-corrected chi connectivity index (χ1v) is 10.2. The van der Waals surface area contributed by atoms with Crippen LogP contribution in [0.2, 0.25) is 5.02 Å². The molecule has 1 aliphatic heterocycles. The molecule has 3 aromatic heterocycles. The van der Waals surface area contributed by atoms with Crippen LogP contribution in [-0.2, 0) is 6.18 Å². The van der Waals surface area contributed by atoms with Crippen LogP contribution in [0.15, 0.2) is 34.2 Å². The van der Waals surface area contributed by atoms with Gasteiger partial charge in [0.15, 0.2) is 0 Å². The highest BCUT2D eigenvalue weighted by molar-refractivity contribution is 7.13. The molecule has 0 aliphatic carbocycles. The molecular weight excluding hydrogens is 427 g/mol. The molecule has 0 amide bonds. The van der Waals surface area contributed by atoms with Crippen LogP contribution in [0.4, 0.5) is 19.0 Å². The van der Waals surface area contributed by atoms with Crippen LogP contribution in [0.3, 0.4) is 0 Å². The fourth-order valence-corrected chi connectivity index (χ4v) is 4.13. The Hall–Kier alpha value is -2.17. The van der Waals surface area contributed by atoms with Crippen LogP contribution in [0.25, 0.3) is 10.8 Å². The topological polar surface area (TPSA) is 58.3 Å². The Labute approximate surface area is 173 Å². The van der Waals surface area contributed by atoms with Gasteiger partial charge in [0, 0.05) is 32.4 Å². The number of aromatic nitrogens is 3. The van der Waals surface area contributed by atoms with Crippen molar-refractivity contribution in [2.75, 3.05) is 31.1 Å². The summed E-state index contributed by atoms with van der Waals surface area (Å²) >= 11 is 7.60. The van der Waals surface area contributed by atoms with Crippen LogP contribution < -0.4 is 4.90 Å². The molecule has 0 spiro atoms. The molecule has 3 aromatic rings. The van der Waals surface area contributed by atoms with Crippen LogP contribution in [0.1, 0.15) is 24.4 Å². The molecule has 1 unspecified atom stereocenters. The van der Waals surface area contributed by atoms with Crippen molar-refractivity contribution >= 4 is 28.8 Å². The van der Waals surface area contributed by atoms with Gasteiger partial charge in [-0.25, -0.2) is 4.98 Å². The van der Waals surface area contributed by atoms with Crippen LogP contribution in [0.5, 0.6) is 0 Å². The van der Waals surface area contributed by atoms with Crippen molar-refractivity contribution in [3.63, 3.8) is 0 Å². The molecule has 0 N–H and O–H groups in total. The van der Waals surface area contributed by atoms with Crippen molar-refractivity contribution in [2.45, 2.75) is 19.1 Å². The number of thiophene rings is 1. The first-order chi connectivity index (χ1) is 13.8. The zero-order valence-corrected chi connectivity index (χ0v) is 16.9. The molecule has 0 bridgehead atoms. The zero-order chi connectivity index (χ0) is 20.6. The van der Waals surface area contributed by atoms with Crippen molar-refractivity contribution in [3.8, 4) is 10.8 Å². The third-order valence-electron chi connectivity index (χ3n) is 4.84. The monoisotopic (exact) mass is 443 g/mol. The van der Waals surface area contributed by atoms with Gasteiger partial charge in [-0.15, -0.1) is 21.5 Å². The predicted molar refractivity (Wildman–Crippen MR) is 104 cm³/mol. The SMILES string of the molecule is CC(c1nnc(-c2cccs2)o1)N1CCN(c2ncc(C(F)(F)F)cc2Cl)CC1. The van der Waals surface area contributed by atoms with E-state index < -0.39 is 11.7 Å². The number of hydrogen-bond acceptors (Lipinski definition) is 7. The first-order valence-electron chi connectivity index (χ1n) is 8.92. The van der Waals surface area contributed by atoms with E-state index in [0.717, 1.165) is 17.1 Å². The number of rotatable bonds is 4. The van der Waals surface area contributed by atoms with E-state index in [0.29, 0.717) is 43.8 Å². The Morgan fingerprint density at radius 3 is 2.59 bits per heavy atom. The highest BCUT2D eigenvalue weighted by Crippen LogP contribution is 2.34. The standard InChI is InChI=1S/C18H17ClF3N5OS/c1-11(16-24-25-17(28-16)14-3-2-8-29-14)26-4-6-27(7-5-26)15-13(19)9-12(10-23-15)18(20,21)22/h2-3,8-11H,4-7H2,1H3. The molecule has 4 rings (SSSR count). The van der Waals surface area contributed by atoms with E-state index >= 15 is 0 Å². The van der Waals surface area contributed by atoms with Crippen molar-refractivity contribution in [1.82, 2.24) is 20.1 Å². The Morgan fingerprint density at radius 2 is 1.97 bits per heavy atom. The van der Waals surface area contributed by atoms with E-state index in [2.05, 4.69) is 20.1 Å². The number of halogens is 4. The summed E-state index contributed by atoms with van der Waals surface area (Å²) in [5.74, 6) is 1.40. The van der Waals surface area contributed by atoms with Gasteiger partial charge in [0.05, 0.1) is 21.5 Å². The van der Waals surface area contributed by atoms with E-state index in [4.69, 9.17) is 16.0 Å². The minimum absolute atomic E-state index is 0.00110. The van der Waals surface area contributed by atoms with Gasteiger partial charge in [0.25, 0.3) is 5.89 Å². The summed E-state index contributed by atoms with van der Waals surface area (Å²) in [6.45, 7) is 4.47. The quantitative estimate of drug-likeness (QED) is 0.580. The molecule has 4 heterocycles. The number of anilines is 1. The van der Waals surface area contributed by atoms with Crippen molar-refractivity contribution in [1.29, 1.82) is 0 Å². The lowest BCUT2D eigenvalue weighted by atomic mass is 10.2. The molecule has 154 valence electrons. The molecule has 0 aromatic carbocycles. The van der Waals surface area contributed by atoms with Crippen LogP contribution >= 0.6 is 22.9 Å². The Morgan fingerprint density at radius 1 is 1.21 bits per heavy atom. The molecule has 11 heteroatoms. The summed E-state index contributed by atoms with van der Waals surface area (Å²) in [6, 6.07) is 4.69. The third-order valence-corrected chi connectivity index (χ3v) is 5.98. The number of piperazine rings is 1. The van der Waals surface area contributed by atoms with Crippen molar-refractivity contribution < 1.29 is 17.6 Å². The van der Waals surface area contributed by atoms with Crippen LogP contribution in [0, 0.1) is 0 Å². The Kier molecular flexibility index (Phi) is 5.50. The molecule has 1 fully saturated rings. The minimum atomic E-state index is -4.46. The van der Waals surface area contributed by atoms with E-state index in [1.54, 1.807) is 0 Å². The van der Waals surface area contributed by atoms with Gasteiger partial charge in [0.2, 0.25) is 5.89 Å². The van der Waals surface area contributed by atoms with Gasteiger partial charge >= 0.3 is 6.18 Å². The maximum absolute atomic E-state index is 12.8. The molecular formula is C18H17ClF3N5OS. The second-order valence-corrected chi connectivity index (χ2v) is 8.00. The molecule has 0 radical (unpaired) electrons. The first kappa shape index (κ1) is 20.1. The van der Waals surface area contributed by atoms with Crippen molar-refractivity contribution in [2.24, 2.45) is 0 Å². The summed E-state index contributed by atoms with van der Waals surface area (Å²) in [4.78, 5) is 8.93. The summed E-state index contributed by atoms with van der Waals surface area (Å²) in [6.07, 6.45) is -3.64. The van der Waals surface area contributed by atoms with E-state index in [9.17, 15) is 13.2 Å². The number of alkyl halides is 3. The molecule has 1 atom stereocenters. The van der Waals surface area contributed by atoms with Gasteiger partial charge in [0.1, 0.15) is 5.82 Å². The second-order valence-electron chi connectivity index (χ2n) is 6.65. The predicted octanol–water partition coefficient (Wildman–Crippen LogP) is 4.75. The lowest BCUT2D eigenvalue weighted by molar-refractivity contribution is -0.137. The summed E-state index contributed by atoms with van der Waals surface area (Å²) in [5.41, 5.74) is -0.851. The van der Waals surface area contributed by atoms with Gasteiger partial charge in [-0.1, -0.05) is 17.7 Å². The normalized spacial score (nSPS) is 16.9. The third kappa shape index (κ3) is 4.24. The Balaban J connectivity index is 1.40.